The number of halogens is 1. The van der Waals surface area contributed by atoms with Crippen molar-refractivity contribution in [1.29, 1.82) is 0 Å². The van der Waals surface area contributed by atoms with Gasteiger partial charge in [0, 0.05) is 21.7 Å². The molecule has 0 saturated heterocycles. The first-order chi connectivity index (χ1) is 8.15. The smallest absolute Gasteiger partial charge is 0.0426 e. The van der Waals surface area contributed by atoms with Crippen LogP contribution >= 0.6 is 23.4 Å². The summed E-state index contributed by atoms with van der Waals surface area (Å²) in [5, 5.41) is 1.54. The van der Waals surface area contributed by atoms with Crippen LogP contribution in [0.5, 0.6) is 0 Å². The van der Waals surface area contributed by atoms with Crippen LogP contribution in [0.4, 0.5) is 5.69 Å². The van der Waals surface area contributed by atoms with Gasteiger partial charge in [-0.25, -0.2) is 0 Å². The molecule has 0 aromatic heterocycles. The summed E-state index contributed by atoms with van der Waals surface area (Å²) in [4.78, 5) is 0. The van der Waals surface area contributed by atoms with E-state index in [0.29, 0.717) is 0 Å². The lowest BCUT2D eigenvalue weighted by atomic mass is 9.91. The van der Waals surface area contributed by atoms with E-state index in [0.717, 1.165) is 27.6 Å². The van der Waals surface area contributed by atoms with Gasteiger partial charge in [0.25, 0.3) is 0 Å². The Hall–Kier alpha value is -0.340. The molecule has 1 fully saturated rings. The first-order valence-electron chi connectivity index (χ1n) is 6.30. The molecule has 1 saturated carbocycles. The Morgan fingerprint density at radius 1 is 1.41 bits per heavy atom. The van der Waals surface area contributed by atoms with Gasteiger partial charge in [-0.3, -0.25) is 0 Å². The fraction of sp³-hybridized carbons (Fsp3) is 0.571. The number of rotatable bonds is 3. The van der Waals surface area contributed by atoms with Gasteiger partial charge < -0.3 is 5.73 Å². The van der Waals surface area contributed by atoms with Crippen molar-refractivity contribution in [2.45, 2.75) is 43.6 Å². The van der Waals surface area contributed by atoms with E-state index in [9.17, 15) is 0 Å². The van der Waals surface area contributed by atoms with Gasteiger partial charge >= 0.3 is 0 Å². The van der Waals surface area contributed by atoms with E-state index in [1.54, 1.807) is 0 Å². The molecule has 0 spiro atoms. The van der Waals surface area contributed by atoms with Gasteiger partial charge in [0.1, 0.15) is 0 Å². The molecule has 1 nitrogen and oxygen atoms in total. The fourth-order valence-electron chi connectivity index (χ4n) is 2.43. The summed E-state index contributed by atoms with van der Waals surface area (Å²) in [6, 6.07) is 5.83. The molecule has 94 valence electrons. The summed E-state index contributed by atoms with van der Waals surface area (Å²) in [5.74, 6) is 1.91. The third kappa shape index (κ3) is 3.82. The molecule has 2 unspecified atom stereocenters. The van der Waals surface area contributed by atoms with Gasteiger partial charge in [0.2, 0.25) is 0 Å². The summed E-state index contributed by atoms with van der Waals surface area (Å²) in [7, 11) is 0. The largest absolute Gasteiger partial charge is 0.398 e. The second-order valence-corrected chi connectivity index (χ2v) is 6.77. The predicted molar refractivity (Wildman–Crippen MR) is 78.6 cm³/mol. The Morgan fingerprint density at radius 2 is 2.24 bits per heavy atom. The first kappa shape index (κ1) is 13.1. The maximum atomic E-state index is 5.97. The Balaban J connectivity index is 1.88. The van der Waals surface area contributed by atoms with Gasteiger partial charge in [-0.1, -0.05) is 37.4 Å². The van der Waals surface area contributed by atoms with Gasteiger partial charge in [-0.05, 0) is 36.5 Å². The van der Waals surface area contributed by atoms with Crippen molar-refractivity contribution in [3.05, 3.63) is 28.8 Å². The predicted octanol–water partition coefficient (Wildman–Crippen LogP) is 4.73. The minimum Gasteiger partial charge on any atom is -0.398 e. The Kier molecular flexibility index (Phi) is 4.63. The molecule has 2 atom stereocenters. The van der Waals surface area contributed by atoms with Gasteiger partial charge in [-0.2, -0.15) is 11.8 Å². The van der Waals surface area contributed by atoms with Crippen molar-refractivity contribution in [2.75, 3.05) is 5.73 Å². The minimum atomic E-state index is 0.725. The second-order valence-electron chi connectivity index (χ2n) is 5.05. The number of hydrogen-bond acceptors (Lipinski definition) is 2. The van der Waals surface area contributed by atoms with E-state index in [1.165, 1.54) is 31.2 Å². The van der Waals surface area contributed by atoms with Gasteiger partial charge in [0.15, 0.2) is 0 Å². The summed E-state index contributed by atoms with van der Waals surface area (Å²) in [6.07, 6.45) is 5.51. The molecule has 0 aliphatic heterocycles. The van der Waals surface area contributed by atoms with Crippen LogP contribution in [-0.2, 0) is 5.75 Å². The third-order valence-electron chi connectivity index (χ3n) is 3.47. The summed E-state index contributed by atoms with van der Waals surface area (Å²) >= 11 is 7.95. The number of benzene rings is 1. The molecule has 2 N–H and O–H groups in total. The van der Waals surface area contributed by atoms with E-state index in [2.05, 4.69) is 24.8 Å². The van der Waals surface area contributed by atoms with Crippen molar-refractivity contribution in [1.82, 2.24) is 0 Å². The van der Waals surface area contributed by atoms with E-state index in [4.69, 9.17) is 17.3 Å². The topological polar surface area (TPSA) is 26.0 Å². The number of thioether (sulfide) groups is 1. The standard InChI is InChI=1S/C14H20ClNS/c1-10-3-2-4-13(7-10)17-9-11-5-6-12(15)8-14(11)16/h5-6,8,10,13H,2-4,7,9,16H2,1H3. The lowest BCUT2D eigenvalue weighted by Gasteiger charge is -2.26. The molecule has 0 radical (unpaired) electrons. The molecule has 0 amide bonds. The van der Waals surface area contributed by atoms with Gasteiger partial charge in [0.05, 0.1) is 0 Å². The van der Waals surface area contributed by atoms with Gasteiger partial charge in [-0.15, -0.1) is 0 Å². The van der Waals surface area contributed by atoms with Crippen LogP contribution in [0.2, 0.25) is 5.02 Å². The van der Waals surface area contributed by atoms with Crippen LogP contribution in [0.15, 0.2) is 18.2 Å². The van der Waals surface area contributed by atoms with Crippen molar-refractivity contribution in [3.8, 4) is 0 Å². The molecule has 3 heteroatoms. The Labute approximate surface area is 113 Å². The molecule has 17 heavy (non-hydrogen) atoms. The average Bonchev–Trinajstić information content (AvgIpc) is 2.28. The highest BCUT2D eigenvalue weighted by molar-refractivity contribution is 7.99. The molecule has 1 aromatic carbocycles. The molecule has 1 aromatic rings. The first-order valence-corrected chi connectivity index (χ1v) is 7.73. The van der Waals surface area contributed by atoms with Crippen molar-refractivity contribution < 1.29 is 0 Å². The lowest BCUT2D eigenvalue weighted by Crippen LogP contribution is -2.15. The summed E-state index contributed by atoms with van der Waals surface area (Å²) < 4.78 is 0. The summed E-state index contributed by atoms with van der Waals surface area (Å²) in [5.41, 5.74) is 8.01. The van der Waals surface area contributed by atoms with Crippen LogP contribution in [-0.4, -0.2) is 5.25 Å². The molecule has 2 rings (SSSR count). The maximum Gasteiger partial charge on any atom is 0.0426 e. The van der Waals surface area contributed by atoms with E-state index in [1.807, 2.05) is 12.1 Å². The Morgan fingerprint density at radius 3 is 2.94 bits per heavy atom. The zero-order valence-electron chi connectivity index (χ0n) is 10.3. The molecule has 0 heterocycles. The fourth-order valence-corrected chi connectivity index (χ4v) is 4.09. The van der Waals surface area contributed by atoms with E-state index in [-0.39, 0.29) is 0 Å². The minimum absolute atomic E-state index is 0.725. The van der Waals surface area contributed by atoms with Crippen LogP contribution in [0, 0.1) is 5.92 Å². The monoisotopic (exact) mass is 269 g/mol. The normalized spacial score (nSPS) is 24.8. The SMILES string of the molecule is CC1CCCC(SCc2ccc(Cl)cc2N)C1. The molecule has 1 aliphatic carbocycles. The van der Waals surface area contributed by atoms with E-state index < -0.39 is 0 Å². The zero-order valence-corrected chi connectivity index (χ0v) is 11.9. The zero-order chi connectivity index (χ0) is 12.3. The van der Waals surface area contributed by atoms with E-state index >= 15 is 0 Å². The van der Waals surface area contributed by atoms with Crippen molar-refractivity contribution in [3.63, 3.8) is 0 Å². The maximum absolute atomic E-state index is 5.97. The molecular weight excluding hydrogens is 250 g/mol. The highest BCUT2D eigenvalue weighted by Crippen LogP contribution is 2.34. The van der Waals surface area contributed by atoms with Crippen LogP contribution < -0.4 is 5.73 Å². The van der Waals surface area contributed by atoms with Crippen LogP contribution in [0.3, 0.4) is 0 Å². The van der Waals surface area contributed by atoms with Crippen LogP contribution in [0.25, 0.3) is 0 Å². The highest BCUT2D eigenvalue weighted by Gasteiger charge is 2.19. The Bertz CT molecular complexity index is 380. The number of hydrogen-bond donors (Lipinski definition) is 1. The third-order valence-corrected chi connectivity index (χ3v) is 5.08. The highest BCUT2D eigenvalue weighted by atomic mass is 35.5. The second kappa shape index (κ2) is 6.01. The number of anilines is 1. The average molecular weight is 270 g/mol. The molecule has 0 bridgehead atoms. The van der Waals surface area contributed by atoms with Crippen LogP contribution in [0.1, 0.15) is 38.2 Å². The molecule has 1 aliphatic rings. The quantitative estimate of drug-likeness (QED) is 0.803. The molecular formula is C14H20ClNS. The van der Waals surface area contributed by atoms with Crippen molar-refractivity contribution >= 4 is 29.1 Å². The number of nitrogens with two attached hydrogens (primary N) is 1. The summed E-state index contributed by atoms with van der Waals surface area (Å²) in [6.45, 7) is 2.36. The number of nitrogen functional groups attached to an aromatic ring is 1. The van der Waals surface area contributed by atoms with Crippen molar-refractivity contribution in [2.24, 2.45) is 5.92 Å². The lowest BCUT2D eigenvalue weighted by molar-refractivity contribution is 0.394.